The Morgan fingerprint density at radius 3 is 2.76 bits per heavy atom. The Morgan fingerprint density at radius 2 is 2.06 bits per heavy atom. The highest BCUT2D eigenvalue weighted by Crippen LogP contribution is 2.29. The summed E-state index contributed by atoms with van der Waals surface area (Å²) in [6.07, 6.45) is 6.64. The molecule has 0 unspecified atom stereocenters. The molecule has 2 nitrogen and oxygen atoms in total. The molecule has 0 spiro atoms. The highest BCUT2D eigenvalue weighted by atomic mass is 19.1. The van der Waals surface area contributed by atoms with Crippen LogP contribution < -0.4 is 10.6 Å². The second kappa shape index (κ2) is 5.39. The van der Waals surface area contributed by atoms with Crippen LogP contribution in [0, 0.1) is 11.7 Å². The first-order valence-electron chi connectivity index (χ1n) is 6.43. The topological polar surface area (TPSA) is 29.3 Å². The van der Waals surface area contributed by atoms with Gasteiger partial charge in [-0.15, -0.1) is 0 Å². The van der Waals surface area contributed by atoms with Crippen molar-refractivity contribution >= 4 is 11.4 Å². The molecule has 94 valence electrons. The molecule has 1 aromatic rings. The molecule has 1 fully saturated rings. The van der Waals surface area contributed by atoms with Gasteiger partial charge < -0.3 is 10.6 Å². The van der Waals surface area contributed by atoms with Gasteiger partial charge in [0.05, 0.1) is 11.4 Å². The normalized spacial score (nSPS) is 16.4. The number of nitrogens with two attached hydrogens (primary N) is 1. The SMILES string of the molecule is CN(CCC1CCCC1)c1cccc(F)c1N. The first-order valence-corrected chi connectivity index (χ1v) is 6.43. The molecule has 0 aromatic heterocycles. The van der Waals surface area contributed by atoms with Crippen LogP contribution in [-0.2, 0) is 0 Å². The first-order chi connectivity index (χ1) is 8.18. The highest BCUT2D eigenvalue weighted by molar-refractivity contribution is 5.67. The molecule has 0 radical (unpaired) electrons. The molecule has 0 bridgehead atoms. The van der Waals surface area contributed by atoms with Crippen LogP contribution >= 0.6 is 0 Å². The Labute approximate surface area is 103 Å². The van der Waals surface area contributed by atoms with Gasteiger partial charge in [-0.2, -0.15) is 0 Å². The zero-order chi connectivity index (χ0) is 12.3. The maximum atomic E-state index is 13.3. The molecular weight excluding hydrogens is 215 g/mol. The van der Waals surface area contributed by atoms with E-state index in [4.69, 9.17) is 5.73 Å². The quantitative estimate of drug-likeness (QED) is 0.812. The van der Waals surface area contributed by atoms with Crippen LogP contribution in [0.25, 0.3) is 0 Å². The minimum Gasteiger partial charge on any atom is -0.395 e. The molecule has 2 rings (SSSR count). The van der Waals surface area contributed by atoms with E-state index in [1.54, 1.807) is 6.07 Å². The van der Waals surface area contributed by atoms with Crippen LogP contribution in [0.4, 0.5) is 15.8 Å². The fourth-order valence-electron chi connectivity index (χ4n) is 2.65. The minimum absolute atomic E-state index is 0.265. The summed E-state index contributed by atoms with van der Waals surface area (Å²) < 4.78 is 13.3. The summed E-state index contributed by atoms with van der Waals surface area (Å²) in [5, 5.41) is 0. The van der Waals surface area contributed by atoms with Crippen molar-refractivity contribution in [2.75, 3.05) is 24.2 Å². The summed E-state index contributed by atoms with van der Waals surface area (Å²) in [6.45, 7) is 0.957. The van der Waals surface area contributed by atoms with E-state index in [-0.39, 0.29) is 11.5 Å². The smallest absolute Gasteiger partial charge is 0.148 e. The zero-order valence-electron chi connectivity index (χ0n) is 10.5. The summed E-state index contributed by atoms with van der Waals surface area (Å²) in [7, 11) is 1.99. The number of nitrogens with zero attached hydrogens (tertiary/aromatic N) is 1. The fraction of sp³-hybridized carbons (Fsp3) is 0.571. The van der Waals surface area contributed by atoms with Crippen molar-refractivity contribution in [3.63, 3.8) is 0 Å². The Hall–Kier alpha value is -1.25. The Bertz CT molecular complexity index is 372. The number of nitrogen functional groups attached to an aromatic ring is 1. The van der Waals surface area contributed by atoms with Crippen molar-refractivity contribution in [3.8, 4) is 0 Å². The van der Waals surface area contributed by atoms with E-state index in [1.165, 1.54) is 38.2 Å². The third-order valence-electron chi connectivity index (χ3n) is 3.79. The standard InChI is InChI=1S/C14H21FN2/c1-17(10-9-11-5-2-3-6-11)13-8-4-7-12(15)14(13)16/h4,7-8,11H,2-3,5-6,9-10,16H2,1H3. The molecule has 0 amide bonds. The first kappa shape index (κ1) is 12.2. The lowest BCUT2D eigenvalue weighted by Crippen LogP contribution is -2.21. The predicted molar refractivity (Wildman–Crippen MR) is 70.7 cm³/mol. The monoisotopic (exact) mass is 236 g/mol. The van der Waals surface area contributed by atoms with Gasteiger partial charge in [-0.3, -0.25) is 0 Å². The van der Waals surface area contributed by atoms with E-state index in [9.17, 15) is 4.39 Å². The van der Waals surface area contributed by atoms with Crippen LogP contribution in [0.2, 0.25) is 0 Å². The van der Waals surface area contributed by atoms with Crippen LogP contribution in [-0.4, -0.2) is 13.6 Å². The van der Waals surface area contributed by atoms with Gasteiger partial charge in [0.2, 0.25) is 0 Å². The minimum atomic E-state index is -0.324. The molecule has 1 aliphatic rings. The summed E-state index contributed by atoms with van der Waals surface area (Å²) in [6, 6.07) is 5.00. The molecule has 17 heavy (non-hydrogen) atoms. The van der Waals surface area contributed by atoms with Gasteiger partial charge in [0.1, 0.15) is 5.82 Å². The molecular formula is C14H21FN2. The Kier molecular flexibility index (Phi) is 3.87. The molecule has 0 atom stereocenters. The van der Waals surface area contributed by atoms with Gasteiger partial charge in [-0.25, -0.2) is 4.39 Å². The number of hydrogen-bond donors (Lipinski definition) is 1. The molecule has 1 aliphatic carbocycles. The van der Waals surface area contributed by atoms with Gasteiger partial charge in [0, 0.05) is 13.6 Å². The Balaban J connectivity index is 1.94. The van der Waals surface area contributed by atoms with Gasteiger partial charge in [0.25, 0.3) is 0 Å². The summed E-state index contributed by atoms with van der Waals surface area (Å²) >= 11 is 0. The summed E-state index contributed by atoms with van der Waals surface area (Å²) in [5.41, 5.74) is 6.82. The van der Waals surface area contributed by atoms with Crippen molar-refractivity contribution in [1.82, 2.24) is 0 Å². The van der Waals surface area contributed by atoms with E-state index >= 15 is 0 Å². The number of rotatable bonds is 4. The number of benzene rings is 1. The molecule has 1 saturated carbocycles. The van der Waals surface area contributed by atoms with Gasteiger partial charge in [0.15, 0.2) is 0 Å². The highest BCUT2D eigenvalue weighted by Gasteiger charge is 2.16. The maximum absolute atomic E-state index is 13.3. The molecule has 2 N–H and O–H groups in total. The third-order valence-corrected chi connectivity index (χ3v) is 3.79. The zero-order valence-corrected chi connectivity index (χ0v) is 10.5. The molecule has 0 saturated heterocycles. The van der Waals surface area contributed by atoms with Crippen LogP contribution in [0.5, 0.6) is 0 Å². The second-order valence-electron chi connectivity index (χ2n) is 5.03. The lowest BCUT2D eigenvalue weighted by atomic mass is 10.0. The average molecular weight is 236 g/mol. The third kappa shape index (κ3) is 2.90. The van der Waals surface area contributed by atoms with E-state index in [0.717, 1.165) is 18.2 Å². The summed E-state index contributed by atoms with van der Waals surface area (Å²) in [4.78, 5) is 2.07. The van der Waals surface area contributed by atoms with Crippen molar-refractivity contribution < 1.29 is 4.39 Å². The number of anilines is 2. The predicted octanol–water partition coefficient (Wildman–Crippen LogP) is 3.42. The van der Waals surface area contributed by atoms with Crippen molar-refractivity contribution in [2.45, 2.75) is 32.1 Å². The maximum Gasteiger partial charge on any atom is 0.148 e. The largest absolute Gasteiger partial charge is 0.395 e. The fourth-order valence-corrected chi connectivity index (χ4v) is 2.65. The van der Waals surface area contributed by atoms with Crippen LogP contribution in [0.15, 0.2) is 18.2 Å². The van der Waals surface area contributed by atoms with Gasteiger partial charge in [-0.05, 0) is 24.5 Å². The number of para-hydroxylation sites is 1. The van der Waals surface area contributed by atoms with E-state index in [0.29, 0.717) is 0 Å². The lowest BCUT2D eigenvalue weighted by molar-refractivity contribution is 0.505. The van der Waals surface area contributed by atoms with Gasteiger partial charge in [-0.1, -0.05) is 31.7 Å². The Morgan fingerprint density at radius 1 is 1.35 bits per heavy atom. The number of hydrogen-bond acceptors (Lipinski definition) is 2. The van der Waals surface area contributed by atoms with Crippen molar-refractivity contribution in [1.29, 1.82) is 0 Å². The van der Waals surface area contributed by atoms with Crippen LogP contribution in [0.1, 0.15) is 32.1 Å². The second-order valence-corrected chi connectivity index (χ2v) is 5.03. The van der Waals surface area contributed by atoms with E-state index < -0.39 is 0 Å². The lowest BCUT2D eigenvalue weighted by Gasteiger charge is -2.22. The molecule has 1 aromatic carbocycles. The van der Waals surface area contributed by atoms with E-state index in [1.807, 2.05) is 13.1 Å². The van der Waals surface area contributed by atoms with Crippen molar-refractivity contribution in [3.05, 3.63) is 24.0 Å². The molecule has 0 heterocycles. The van der Waals surface area contributed by atoms with Crippen LogP contribution in [0.3, 0.4) is 0 Å². The molecule has 3 heteroatoms. The van der Waals surface area contributed by atoms with E-state index in [2.05, 4.69) is 4.90 Å². The average Bonchev–Trinajstić information content (AvgIpc) is 2.82. The summed E-state index contributed by atoms with van der Waals surface area (Å²) in [5.74, 6) is 0.530. The van der Waals surface area contributed by atoms with Gasteiger partial charge >= 0.3 is 0 Å². The molecule has 0 aliphatic heterocycles. The number of halogens is 1. The van der Waals surface area contributed by atoms with Crippen molar-refractivity contribution in [2.24, 2.45) is 5.92 Å².